The predicted octanol–water partition coefficient (Wildman–Crippen LogP) is 4.57. The monoisotopic (exact) mass is 436 g/mol. The van der Waals surface area contributed by atoms with Gasteiger partial charge in [-0.25, -0.2) is 4.39 Å². The molecule has 29 heavy (non-hydrogen) atoms. The average Bonchev–Trinajstić information content (AvgIpc) is 2.68. The van der Waals surface area contributed by atoms with Crippen molar-refractivity contribution in [2.24, 2.45) is 0 Å². The van der Waals surface area contributed by atoms with Gasteiger partial charge in [0.1, 0.15) is 11.9 Å². The van der Waals surface area contributed by atoms with Gasteiger partial charge in [0.25, 0.3) is 0 Å². The maximum absolute atomic E-state index is 13.9. The van der Waals surface area contributed by atoms with Crippen molar-refractivity contribution in [2.45, 2.75) is 39.1 Å². The smallest absolute Gasteiger partial charge is 0.242 e. The van der Waals surface area contributed by atoms with Crippen molar-refractivity contribution in [3.8, 4) is 0 Å². The number of thioether (sulfide) groups is 1. The molecule has 0 saturated heterocycles. The summed E-state index contributed by atoms with van der Waals surface area (Å²) < 4.78 is 13.9. The minimum absolute atomic E-state index is 0.125. The Balaban J connectivity index is 2.10. The van der Waals surface area contributed by atoms with Gasteiger partial charge in [-0.3, -0.25) is 9.59 Å². The van der Waals surface area contributed by atoms with Crippen molar-refractivity contribution in [1.29, 1.82) is 0 Å². The number of carbonyl (C=O) groups is 2. The molecule has 2 rings (SSSR count). The number of hydrogen-bond acceptors (Lipinski definition) is 3. The SMILES string of the molecule is CCNC(=O)C(C)N(Cc1cccc(C)c1)C(=O)CSCc1c(F)cccc1Cl. The molecule has 0 radical (unpaired) electrons. The summed E-state index contributed by atoms with van der Waals surface area (Å²) in [5.74, 6) is -0.353. The van der Waals surface area contributed by atoms with Crippen LogP contribution in [-0.4, -0.2) is 35.1 Å². The number of rotatable bonds is 9. The molecule has 156 valence electrons. The van der Waals surface area contributed by atoms with Gasteiger partial charge in [-0.1, -0.05) is 47.5 Å². The number of nitrogens with one attached hydrogen (secondary N) is 1. The highest BCUT2D eigenvalue weighted by molar-refractivity contribution is 7.99. The van der Waals surface area contributed by atoms with Gasteiger partial charge in [0.05, 0.1) is 5.75 Å². The predicted molar refractivity (Wildman–Crippen MR) is 117 cm³/mol. The van der Waals surface area contributed by atoms with Gasteiger partial charge in [-0.2, -0.15) is 0 Å². The number of carbonyl (C=O) groups excluding carboxylic acids is 2. The van der Waals surface area contributed by atoms with E-state index in [9.17, 15) is 14.0 Å². The van der Waals surface area contributed by atoms with Gasteiger partial charge in [0.15, 0.2) is 0 Å². The van der Waals surface area contributed by atoms with Crippen molar-refractivity contribution in [2.75, 3.05) is 12.3 Å². The van der Waals surface area contributed by atoms with Crippen LogP contribution in [0.3, 0.4) is 0 Å². The van der Waals surface area contributed by atoms with E-state index in [4.69, 9.17) is 11.6 Å². The van der Waals surface area contributed by atoms with Crippen molar-refractivity contribution >= 4 is 35.2 Å². The van der Waals surface area contributed by atoms with Crippen LogP contribution in [0.4, 0.5) is 4.39 Å². The van der Waals surface area contributed by atoms with Crippen LogP contribution >= 0.6 is 23.4 Å². The Labute approximate surface area is 180 Å². The van der Waals surface area contributed by atoms with E-state index in [1.54, 1.807) is 24.0 Å². The fourth-order valence-electron chi connectivity index (χ4n) is 2.91. The molecule has 1 N–H and O–H groups in total. The Kier molecular flexibility index (Phi) is 8.99. The van der Waals surface area contributed by atoms with Crippen LogP contribution in [0.15, 0.2) is 42.5 Å². The molecular formula is C22H26ClFN2O2S. The van der Waals surface area contributed by atoms with Gasteiger partial charge >= 0.3 is 0 Å². The number of halogens is 2. The number of likely N-dealkylation sites (N-methyl/N-ethyl adjacent to an activating group) is 1. The molecule has 0 spiro atoms. The third kappa shape index (κ3) is 6.75. The van der Waals surface area contributed by atoms with Crippen molar-refractivity contribution in [1.82, 2.24) is 10.2 Å². The molecule has 4 nitrogen and oxygen atoms in total. The number of benzene rings is 2. The molecule has 0 heterocycles. The Morgan fingerprint density at radius 3 is 2.62 bits per heavy atom. The Bertz CT molecular complexity index is 842. The van der Waals surface area contributed by atoms with Gasteiger partial charge in [0.2, 0.25) is 11.8 Å². The summed E-state index contributed by atoms with van der Waals surface area (Å²) in [5, 5.41) is 3.11. The summed E-state index contributed by atoms with van der Waals surface area (Å²) in [5.41, 5.74) is 2.43. The van der Waals surface area contributed by atoms with Crippen LogP contribution in [0.5, 0.6) is 0 Å². The first kappa shape index (κ1) is 23.2. The quantitative estimate of drug-likeness (QED) is 0.626. The molecular weight excluding hydrogens is 411 g/mol. The van der Waals surface area contributed by atoms with Gasteiger partial charge in [0, 0.05) is 29.4 Å². The van der Waals surface area contributed by atoms with Crippen molar-refractivity contribution in [3.05, 3.63) is 70.0 Å². The molecule has 2 aromatic rings. The first-order valence-electron chi connectivity index (χ1n) is 9.46. The largest absolute Gasteiger partial charge is 0.355 e. The number of amides is 2. The standard InChI is InChI=1S/C22H26ClFN2O2S/c1-4-25-22(28)16(3)26(12-17-8-5-7-15(2)11-17)21(27)14-29-13-18-19(23)9-6-10-20(18)24/h5-11,16H,4,12-14H2,1-3H3,(H,25,28). The normalized spacial score (nSPS) is 11.8. The van der Waals surface area contributed by atoms with E-state index in [0.717, 1.165) is 11.1 Å². The number of nitrogens with zero attached hydrogens (tertiary/aromatic N) is 1. The third-order valence-corrected chi connectivity index (χ3v) is 5.79. The maximum Gasteiger partial charge on any atom is 0.242 e. The third-order valence-electron chi connectivity index (χ3n) is 4.49. The fraction of sp³-hybridized carbons (Fsp3) is 0.364. The van der Waals surface area contributed by atoms with E-state index in [0.29, 0.717) is 23.7 Å². The van der Waals surface area contributed by atoms with Gasteiger partial charge in [-0.05, 0) is 38.5 Å². The highest BCUT2D eigenvalue weighted by atomic mass is 35.5. The van der Waals surface area contributed by atoms with E-state index in [-0.39, 0.29) is 29.1 Å². The Morgan fingerprint density at radius 1 is 1.24 bits per heavy atom. The molecule has 2 aromatic carbocycles. The first-order chi connectivity index (χ1) is 13.8. The molecule has 0 bridgehead atoms. The van der Waals surface area contributed by atoms with Gasteiger partial charge in [-0.15, -0.1) is 11.8 Å². The molecule has 7 heteroatoms. The zero-order valence-corrected chi connectivity index (χ0v) is 18.4. The van der Waals surface area contributed by atoms with Crippen LogP contribution in [0.25, 0.3) is 0 Å². The minimum atomic E-state index is -0.611. The van der Waals surface area contributed by atoms with Crippen LogP contribution in [-0.2, 0) is 21.9 Å². The Hall–Kier alpha value is -2.05. The topological polar surface area (TPSA) is 49.4 Å². The zero-order chi connectivity index (χ0) is 21.4. The fourth-order valence-corrected chi connectivity index (χ4v) is 4.15. The highest BCUT2D eigenvalue weighted by Crippen LogP contribution is 2.24. The lowest BCUT2D eigenvalue weighted by molar-refractivity contribution is -0.138. The summed E-state index contributed by atoms with van der Waals surface area (Å²) in [6.07, 6.45) is 0. The van der Waals surface area contributed by atoms with Crippen molar-refractivity contribution in [3.63, 3.8) is 0 Å². The number of hydrogen-bond donors (Lipinski definition) is 1. The second kappa shape index (κ2) is 11.2. The van der Waals surface area contributed by atoms with E-state index in [1.807, 2.05) is 38.1 Å². The molecule has 0 saturated carbocycles. The van der Waals surface area contributed by atoms with E-state index in [1.165, 1.54) is 17.8 Å². The lowest BCUT2D eigenvalue weighted by Crippen LogP contribution is -2.48. The summed E-state index contributed by atoms with van der Waals surface area (Å²) in [4.78, 5) is 26.9. The van der Waals surface area contributed by atoms with Crippen LogP contribution in [0.2, 0.25) is 5.02 Å². The minimum Gasteiger partial charge on any atom is -0.355 e. The van der Waals surface area contributed by atoms with Crippen molar-refractivity contribution < 1.29 is 14.0 Å². The van der Waals surface area contributed by atoms with E-state index >= 15 is 0 Å². The lowest BCUT2D eigenvalue weighted by Gasteiger charge is -2.28. The average molecular weight is 437 g/mol. The molecule has 0 aromatic heterocycles. The molecule has 0 aliphatic carbocycles. The summed E-state index contributed by atoms with van der Waals surface area (Å²) in [7, 11) is 0. The molecule has 1 atom stereocenters. The highest BCUT2D eigenvalue weighted by Gasteiger charge is 2.25. The molecule has 2 amide bonds. The summed E-state index contributed by atoms with van der Waals surface area (Å²) in [6.45, 7) is 6.37. The Morgan fingerprint density at radius 2 is 1.97 bits per heavy atom. The maximum atomic E-state index is 13.9. The summed E-state index contributed by atoms with van der Waals surface area (Å²) >= 11 is 7.33. The second-order valence-corrected chi connectivity index (χ2v) is 8.17. The van der Waals surface area contributed by atoms with Crippen LogP contribution < -0.4 is 5.32 Å². The first-order valence-corrected chi connectivity index (χ1v) is 11.0. The number of aryl methyl sites for hydroxylation is 1. The van der Waals surface area contributed by atoms with Crippen LogP contribution in [0, 0.1) is 12.7 Å². The lowest BCUT2D eigenvalue weighted by atomic mass is 10.1. The molecule has 1 unspecified atom stereocenters. The summed E-state index contributed by atoms with van der Waals surface area (Å²) in [6, 6.07) is 11.8. The zero-order valence-electron chi connectivity index (χ0n) is 16.9. The molecule has 0 aliphatic heterocycles. The van der Waals surface area contributed by atoms with Crippen LogP contribution in [0.1, 0.15) is 30.5 Å². The van der Waals surface area contributed by atoms with E-state index in [2.05, 4.69) is 5.32 Å². The molecule has 0 aliphatic rings. The molecule has 0 fully saturated rings. The van der Waals surface area contributed by atoms with Gasteiger partial charge < -0.3 is 10.2 Å². The second-order valence-electron chi connectivity index (χ2n) is 6.77. The van der Waals surface area contributed by atoms with E-state index < -0.39 is 6.04 Å².